The highest BCUT2D eigenvalue weighted by atomic mass is 16.5. The number of nitrogens with zero attached hydrogens (tertiary/aromatic N) is 2. The van der Waals surface area contributed by atoms with Gasteiger partial charge in [0, 0.05) is 43.8 Å². The Labute approximate surface area is 195 Å². The van der Waals surface area contributed by atoms with Gasteiger partial charge in [0.2, 0.25) is 5.91 Å². The van der Waals surface area contributed by atoms with Crippen molar-refractivity contribution in [1.82, 2.24) is 9.88 Å². The molecule has 3 aromatic rings. The molecule has 5 rings (SSSR count). The van der Waals surface area contributed by atoms with Gasteiger partial charge >= 0.3 is 0 Å². The van der Waals surface area contributed by atoms with E-state index >= 15 is 0 Å². The maximum absolute atomic E-state index is 14.1. The summed E-state index contributed by atoms with van der Waals surface area (Å²) in [6, 6.07) is 18.9. The maximum atomic E-state index is 14.1. The molecule has 0 N–H and O–H groups in total. The van der Waals surface area contributed by atoms with Crippen molar-refractivity contribution in [3.63, 3.8) is 0 Å². The fraction of sp³-hybridized carbons (Fsp3) is 0.429. The standard InChI is InChI=1S/C28H32N2O3/c1-21-7-9-25(10-8-21)28(11-15-32-16-12-28)27(31)30-14-17-33-20-22(19-30)18-24-5-2-4-23-6-3-13-29-26(23)24/h2-10,13,22H,11-12,14-20H2,1H3. The number of rotatable bonds is 4. The van der Waals surface area contributed by atoms with E-state index in [0.29, 0.717) is 39.5 Å². The molecule has 2 fully saturated rings. The van der Waals surface area contributed by atoms with Crippen molar-refractivity contribution >= 4 is 16.8 Å². The van der Waals surface area contributed by atoms with Crippen LogP contribution in [0.2, 0.25) is 0 Å². The molecular formula is C28H32N2O3. The summed E-state index contributed by atoms with van der Waals surface area (Å²) < 4.78 is 11.6. The van der Waals surface area contributed by atoms with Crippen LogP contribution in [0.1, 0.15) is 29.5 Å². The summed E-state index contributed by atoms with van der Waals surface area (Å²) in [7, 11) is 0. The van der Waals surface area contributed by atoms with Crippen molar-refractivity contribution in [3.8, 4) is 0 Å². The van der Waals surface area contributed by atoms with Gasteiger partial charge in [-0.1, -0.05) is 54.1 Å². The Morgan fingerprint density at radius 3 is 2.64 bits per heavy atom. The second-order valence-corrected chi connectivity index (χ2v) is 9.45. The molecule has 2 aromatic carbocycles. The highest BCUT2D eigenvalue weighted by molar-refractivity contribution is 5.88. The largest absolute Gasteiger partial charge is 0.381 e. The minimum Gasteiger partial charge on any atom is -0.381 e. The molecule has 0 aliphatic carbocycles. The summed E-state index contributed by atoms with van der Waals surface area (Å²) in [6.07, 6.45) is 4.15. The molecule has 0 spiro atoms. The minimum absolute atomic E-state index is 0.223. The Morgan fingerprint density at radius 1 is 1.03 bits per heavy atom. The van der Waals surface area contributed by atoms with Gasteiger partial charge in [-0.2, -0.15) is 0 Å². The van der Waals surface area contributed by atoms with Crippen LogP contribution in [0.3, 0.4) is 0 Å². The average Bonchev–Trinajstić information content (AvgIpc) is 3.10. The highest BCUT2D eigenvalue weighted by Crippen LogP contribution is 2.37. The third-order valence-corrected chi connectivity index (χ3v) is 7.21. The Balaban J connectivity index is 1.40. The molecule has 1 atom stereocenters. The van der Waals surface area contributed by atoms with Crippen molar-refractivity contribution in [2.24, 2.45) is 5.92 Å². The minimum atomic E-state index is -0.512. The van der Waals surface area contributed by atoms with Crippen LogP contribution in [-0.4, -0.2) is 55.3 Å². The number of amides is 1. The number of benzene rings is 2. The molecule has 1 amide bonds. The molecule has 3 heterocycles. The molecule has 172 valence electrons. The lowest BCUT2D eigenvalue weighted by Gasteiger charge is -2.40. The second kappa shape index (κ2) is 9.62. The molecule has 1 aromatic heterocycles. The Kier molecular flexibility index (Phi) is 6.43. The highest BCUT2D eigenvalue weighted by Gasteiger charge is 2.44. The van der Waals surface area contributed by atoms with E-state index in [-0.39, 0.29) is 11.8 Å². The molecule has 2 aliphatic rings. The van der Waals surface area contributed by atoms with E-state index in [1.807, 2.05) is 12.3 Å². The first-order chi connectivity index (χ1) is 16.2. The van der Waals surface area contributed by atoms with Gasteiger partial charge in [-0.05, 0) is 43.4 Å². The van der Waals surface area contributed by atoms with E-state index < -0.39 is 5.41 Å². The summed E-state index contributed by atoms with van der Waals surface area (Å²) in [5.41, 5.74) is 4.07. The normalized spacial score (nSPS) is 21.0. The van der Waals surface area contributed by atoms with E-state index in [9.17, 15) is 4.79 Å². The van der Waals surface area contributed by atoms with Gasteiger partial charge in [-0.15, -0.1) is 0 Å². The van der Waals surface area contributed by atoms with Crippen molar-refractivity contribution in [1.29, 1.82) is 0 Å². The lowest BCUT2D eigenvalue weighted by molar-refractivity contribution is -0.141. The molecule has 1 unspecified atom stereocenters. The van der Waals surface area contributed by atoms with Crippen LogP contribution >= 0.6 is 0 Å². The summed E-state index contributed by atoms with van der Waals surface area (Å²) in [5.74, 6) is 0.458. The second-order valence-electron chi connectivity index (χ2n) is 9.45. The molecule has 0 radical (unpaired) electrons. The zero-order valence-electron chi connectivity index (χ0n) is 19.3. The lowest BCUT2D eigenvalue weighted by atomic mass is 9.72. The summed E-state index contributed by atoms with van der Waals surface area (Å²) in [6.45, 7) is 5.91. The van der Waals surface area contributed by atoms with Crippen molar-refractivity contribution in [3.05, 3.63) is 77.5 Å². The first kappa shape index (κ1) is 22.1. The number of hydrogen-bond acceptors (Lipinski definition) is 4. The van der Waals surface area contributed by atoms with Gasteiger partial charge < -0.3 is 14.4 Å². The van der Waals surface area contributed by atoms with Crippen molar-refractivity contribution in [2.75, 3.05) is 39.5 Å². The van der Waals surface area contributed by atoms with Gasteiger partial charge in [0.25, 0.3) is 0 Å². The number of ether oxygens (including phenoxy) is 2. The SMILES string of the molecule is Cc1ccc(C2(C(=O)N3CCOCC(Cc4cccc5cccnc45)C3)CCOCC2)cc1. The van der Waals surface area contributed by atoms with Crippen LogP contribution < -0.4 is 0 Å². The Bertz CT molecular complexity index is 1100. The van der Waals surface area contributed by atoms with Crippen LogP contribution in [0.5, 0.6) is 0 Å². The molecule has 5 heteroatoms. The summed E-state index contributed by atoms with van der Waals surface area (Å²) in [4.78, 5) is 20.8. The van der Waals surface area contributed by atoms with Gasteiger partial charge in [0.05, 0.1) is 24.1 Å². The van der Waals surface area contributed by atoms with Gasteiger partial charge in [-0.25, -0.2) is 0 Å². The number of carbonyl (C=O) groups excluding carboxylic acids is 1. The van der Waals surface area contributed by atoms with Crippen molar-refractivity contribution in [2.45, 2.75) is 31.6 Å². The monoisotopic (exact) mass is 444 g/mol. The van der Waals surface area contributed by atoms with Gasteiger partial charge in [0.1, 0.15) is 0 Å². The van der Waals surface area contributed by atoms with Crippen LogP contribution in [0, 0.1) is 12.8 Å². The Morgan fingerprint density at radius 2 is 1.82 bits per heavy atom. The first-order valence-electron chi connectivity index (χ1n) is 12.0. The summed E-state index contributed by atoms with van der Waals surface area (Å²) in [5, 5.41) is 1.15. The number of fused-ring (bicyclic) bond motifs is 1. The van der Waals surface area contributed by atoms with Gasteiger partial charge in [0.15, 0.2) is 0 Å². The zero-order valence-corrected chi connectivity index (χ0v) is 19.3. The van der Waals surface area contributed by atoms with E-state index in [1.165, 1.54) is 11.1 Å². The van der Waals surface area contributed by atoms with Gasteiger partial charge in [-0.3, -0.25) is 9.78 Å². The molecule has 33 heavy (non-hydrogen) atoms. The maximum Gasteiger partial charge on any atom is 0.233 e. The smallest absolute Gasteiger partial charge is 0.233 e. The zero-order chi connectivity index (χ0) is 22.7. The predicted molar refractivity (Wildman–Crippen MR) is 129 cm³/mol. The molecule has 2 aliphatic heterocycles. The third kappa shape index (κ3) is 4.53. The van der Waals surface area contributed by atoms with E-state index in [2.05, 4.69) is 65.3 Å². The number of aryl methyl sites for hydroxylation is 1. The van der Waals surface area contributed by atoms with E-state index in [1.54, 1.807) is 0 Å². The van der Waals surface area contributed by atoms with E-state index in [0.717, 1.165) is 35.7 Å². The topological polar surface area (TPSA) is 51.7 Å². The predicted octanol–water partition coefficient (Wildman–Crippen LogP) is 4.31. The van der Waals surface area contributed by atoms with Crippen LogP contribution in [0.25, 0.3) is 10.9 Å². The number of carbonyl (C=O) groups is 1. The summed E-state index contributed by atoms with van der Waals surface area (Å²) >= 11 is 0. The fourth-order valence-corrected chi connectivity index (χ4v) is 5.35. The Hall–Kier alpha value is -2.76. The molecule has 5 nitrogen and oxygen atoms in total. The number of para-hydroxylation sites is 1. The molecule has 0 saturated carbocycles. The number of pyridine rings is 1. The quantitative estimate of drug-likeness (QED) is 0.602. The first-order valence-corrected chi connectivity index (χ1v) is 12.0. The molecular weight excluding hydrogens is 412 g/mol. The third-order valence-electron chi connectivity index (χ3n) is 7.21. The van der Waals surface area contributed by atoms with Crippen LogP contribution in [-0.2, 0) is 26.1 Å². The number of aromatic nitrogens is 1. The van der Waals surface area contributed by atoms with Crippen molar-refractivity contribution < 1.29 is 14.3 Å². The molecule has 2 saturated heterocycles. The fourth-order valence-electron chi connectivity index (χ4n) is 5.35. The number of hydrogen-bond donors (Lipinski definition) is 0. The van der Waals surface area contributed by atoms with Crippen LogP contribution in [0.15, 0.2) is 60.8 Å². The van der Waals surface area contributed by atoms with E-state index in [4.69, 9.17) is 9.47 Å². The van der Waals surface area contributed by atoms with Crippen LogP contribution in [0.4, 0.5) is 0 Å². The molecule has 0 bridgehead atoms. The lowest BCUT2D eigenvalue weighted by Crippen LogP contribution is -2.51. The average molecular weight is 445 g/mol.